The van der Waals surface area contributed by atoms with E-state index in [4.69, 9.17) is 5.73 Å². The zero-order valence-corrected chi connectivity index (χ0v) is 16.5. The number of carbonyl (C=O) groups excluding carboxylic acids is 1. The molecule has 5 aromatic rings. The van der Waals surface area contributed by atoms with E-state index in [1.54, 1.807) is 48.5 Å². The number of carboxylic acids is 1. The second-order valence-electron chi connectivity index (χ2n) is 7.32. The molecule has 2 aromatic heterocycles. The van der Waals surface area contributed by atoms with E-state index in [2.05, 4.69) is 15.0 Å². The third kappa shape index (κ3) is 3.10. The molecule has 5 rings (SSSR count). The fourth-order valence-electron chi connectivity index (χ4n) is 3.68. The molecule has 0 spiro atoms. The number of aromatic carboxylic acids is 1. The second kappa shape index (κ2) is 7.21. The number of benzene rings is 3. The Hall–Kier alpha value is -4.72. The van der Waals surface area contributed by atoms with Crippen LogP contribution >= 0.6 is 0 Å². The normalized spacial score (nSPS) is 11.1. The van der Waals surface area contributed by atoms with E-state index in [-0.39, 0.29) is 28.4 Å². The van der Waals surface area contributed by atoms with Crippen LogP contribution < -0.4 is 11.3 Å². The monoisotopic (exact) mass is 424 g/mol. The molecule has 0 saturated carbocycles. The first-order chi connectivity index (χ1) is 15.4. The standard InChI is InChI=1S/C24H16N4O4/c25-19-15-10-14(24(31)32)7-8-16(15)26-20(19)21-23(30)28-17-9-6-13(11-18(17)27-21)22(29)12-4-2-1-3-5-12/h1-11,26H,25H2,(H,28,30)(H,31,32). The Bertz CT molecular complexity index is 1600. The number of hydrogen-bond acceptors (Lipinski definition) is 5. The van der Waals surface area contributed by atoms with Crippen molar-refractivity contribution in [3.05, 3.63) is 93.8 Å². The van der Waals surface area contributed by atoms with E-state index < -0.39 is 11.5 Å². The molecule has 0 bridgehead atoms. The summed E-state index contributed by atoms with van der Waals surface area (Å²) >= 11 is 0. The highest BCUT2D eigenvalue weighted by Crippen LogP contribution is 2.31. The Labute approximate surface area is 180 Å². The molecule has 0 unspecified atom stereocenters. The Morgan fingerprint density at radius 1 is 0.844 bits per heavy atom. The van der Waals surface area contributed by atoms with Crippen LogP contribution in [0.1, 0.15) is 26.3 Å². The lowest BCUT2D eigenvalue weighted by atomic mass is 10.0. The van der Waals surface area contributed by atoms with Gasteiger partial charge in [0.15, 0.2) is 11.5 Å². The number of carbonyl (C=O) groups is 2. The minimum atomic E-state index is -1.08. The third-order valence-corrected chi connectivity index (χ3v) is 5.31. The number of aromatic amines is 2. The molecule has 2 heterocycles. The predicted octanol–water partition coefficient (Wildman–Crippen LogP) is 3.58. The van der Waals surface area contributed by atoms with Crippen molar-refractivity contribution in [2.75, 3.05) is 5.73 Å². The van der Waals surface area contributed by atoms with Crippen LogP contribution in [-0.4, -0.2) is 31.8 Å². The largest absolute Gasteiger partial charge is 0.478 e. The Balaban J connectivity index is 1.65. The summed E-state index contributed by atoms with van der Waals surface area (Å²) in [6, 6.07) is 18.2. The van der Waals surface area contributed by atoms with Crippen molar-refractivity contribution >= 4 is 39.4 Å². The van der Waals surface area contributed by atoms with Crippen molar-refractivity contribution in [3.8, 4) is 11.4 Å². The van der Waals surface area contributed by atoms with Crippen LogP contribution in [0, 0.1) is 0 Å². The maximum Gasteiger partial charge on any atom is 0.335 e. The van der Waals surface area contributed by atoms with Gasteiger partial charge in [-0.25, -0.2) is 9.78 Å². The predicted molar refractivity (Wildman–Crippen MR) is 121 cm³/mol. The van der Waals surface area contributed by atoms with E-state index in [1.807, 2.05) is 6.07 Å². The lowest BCUT2D eigenvalue weighted by Gasteiger charge is -2.05. The van der Waals surface area contributed by atoms with Gasteiger partial charge in [0.25, 0.3) is 5.56 Å². The summed E-state index contributed by atoms with van der Waals surface area (Å²) in [5, 5.41) is 9.71. The molecule has 8 heteroatoms. The number of carboxylic acid groups (broad SMARTS) is 1. The average molecular weight is 424 g/mol. The molecule has 0 saturated heterocycles. The van der Waals surface area contributed by atoms with Gasteiger partial charge < -0.3 is 20.8 Å². The van der Waals surface area contributed by atoms with Gasteiger partial charge in [-0.15, -0.1) is 0 Å². The Kier molecular flexibility index (Phi) is 4.34. The Morgan fingerprint density at radius 3 is 2.31 bits per heavy atom. The highest BCUT2D eigenvalue weighted by atomic mass is 16.4. The van der Waals surface area contributed by atoms with Gasteiger partial charge in [0.1, 0.15) is 0 Å². The summed E-state index contributed by atoms with van der Waals surface area (Å²) in [4.78, 5) is 47.1. The van der Waals surface area contributed by atoms with Crippen LogP contribution in [0.15, 0.2) is 71.5 Å². The van der Waals surface area contributed by atoms with E-state index >= 15 is 0 Å². The number of H-pyrrole nitrogens is 2. The van der Waals surface area contributed by atoms with Crippen LogP contribution in [0.5, 0.6) is 0 Å². The van der Waals surface area contributed by atoms with Gasteiger partial charge in [-0.2, -0.15) is 0 Å². The van der Waals surface area contributed by atoms with Gasteiger partial charge in [-0.1, -0.05) is 30.3 Å². The molecule has 0 atom stereocenters. The van der Waals surface area contributed by atoms with Crippen LogP contribution in [0.3, 0.4) is 0 Å². The summed E-state index contributed by atoms with van der Waals surface area (Å²) in [5.41, 5.74) is 8.87. The minimum Gasteiger partial charge on any atom is -0.478 e. The lowest BCUT2D eigenvalue weighted by Crippen LogP contribution is -2.13. The number of anilines is 1. The molecule has 0 aliphatic heterocycles. The van der Waals surface area contributed by atoms with Crippen molar-refractivity contribution in [1.82, 2.24) is 15.0 Å². The average Bonchev–Trinajstić information content (AvgIpc) is 3.14. The smallest absolute Gasteiger partial charge is 0.335 e. The highest BCUT2D eigenvalue weighted by molar-refractivity contribution is 6.10. The molecule has 3 aromatic carbocycles. The zero-order chi connectivity index (χ0) is 22.4. The molecule has 32 heavy (non-hydrogen) atoms. The molecule has 5 N–H and O–H groups in total. The number of ketones is 1. The SMILES string of the molecule is Nc1c(-c2nc3cc(C(=O)c4ccccc4)ccc3[nH]c2=O)[nH]c2ccc(C(=O)O)cc12. The lowest BCUT2D eigenvalue weighted by molar-refractivity contribution is 0.0697. The molecule has 0 amide bonds. The van der Waals surface area contributed by atoms with Gasteiger partial charge in [-0.3, -0.25) is 9.59 Å². The van der Waals surface area contributed by atoms with E-state index in [0.717, 1.165) is 0 Å². The van der Waals surface area contributed by atoms with Gasteiger partial charge in [0.2, 0.25) is 0 Å². The first-order valence-electron chi connectivity index (χ1n) is 9.71. The number of fused-ring (bicyclic) bond motifs is 2. The fourth-order valence-corrected chi connectivity index (χ4v) is 3.68. The highest BCUT2D eigenvalue weighted by Gasteiger charge is 2.18. The first-order valence-corrected chi connectivity index (χ1v) is 9.71. The summed E-state index contributed by atoms with van der Waals surface area (Å²) in [6.07, 6.45) is 0. The molecule has 0 aliphatic carbocycles. The molecular formula is C24H16N4O4. The van der Waals surface area contributed by atoms with Crippen molar-refractivity contribution in [2.24, 2.45) is 0 Å². The van der Waals surface area contributed by atoms with Crippen molar-refractivity contribution in [2.45, 2.75) is 0 Å². The number of nitrogen functional groups attached to an aromatic ring is 1. The number of nitrogens with two attached hydrogens (primary N) is 1. The number of nitrogens with zero attached hydrogens (tertiary/aromatic N) is 1. The summed E-state index contributed by atoms with van der Waals surface area (Å²) in [7, 11) is 0. The number of rotatable bonds is 4. The maximum absolute atomic E-state index is 12.8. The van der Waals surface area contributed by atoms with Crippen LogP contribution in [0.4, 0.5) is 5.69 Å². The molecular weight excluding hydrogens is 408 g/mol. The van der Waals surface area contributed by atoms with E-state index in [0.29, 0.717) is 33.1 Å². The van der Waals surface area contributed by atoms with Gasteiger partial charge >= 0.3 is 5.97 Å². The number of hydrogen-bond donors (Lipinski definition) is 4. The van der Waals surface area contributed by atoms with Crippen LogP contribution in [0.25, 0.3) is 33.3 Å². The van der Waals surface area contributed by atoms with E-state index in [9.17, 15) is 19.5 Å². The Morgan fingerprint density at radius 2 is 1.56 bits per heavy atom. The van der Waals surface area contributed by atoms with Crippen LogP contribution in [-0.2, 0) is 0 Å². The summed E-state index contributed by atoms with van der Waals surface area (Å²) < 4.78 is 0. The summed E-state index contributed by atoms with van der Waals surface area (Å²) in [5.74, 6) is -1.24. The van der Waals surface area contributed by atoms with Gasteiger partial charge in [-0.05, 0) is 36.4 Å². The molecule has 8 nitrogen and oxygen atoms in total. The molecule has 0 radical (unpaired) electrons. The molecule has 0 fully saturated rings. The quantitative estimate of drug-likeness (QED) is 0.325. The third-order valence-electron chi connectivity index (χ3n) is 5.31. The summed E-state index contributed by atoms with van der Waals surface area (Å²) in [6.45, 7) is 0. The first kappa shape index (κ1) is 19.3. The molecule has 156 valence electrons. The van der Waals surface area contributed by atoms with E-state index in [1.165, 1.54) is 12.1 Å². The van der Waals surface area contributed by atoms with Crippen molar-refractivity contribution < 1.29 is 14.7 Å². The second-order valence-corrected chi connectivity index (χ2v) is 7.32. The number of aromatic nitrogens is 3. The fraction of sp³-hybridized carbons (Fsp3) is 0. The molecule has 0 aliphatic rings. The van der Waals surface area contributed by atoms with Crippen molar-refractivity contribution in [1.29, 1.82) is 0 Å². The van der Waals surface area contributed by atoms with Gasteiger partial charge in [0.05, 0.1) is 28.0 Å². The topological polar surface area (TPSA) is 142 Å². The van der Waals surface area contributed by atoms with Crippen LogP contribution in [0.2, 0.25) is 0 Å². The maximum atomic E-state index is 12.8. The van der Waals surface area contributed by atoms with Crippen molar-refractivity contribution in [3.63, 3.8) is 0 Å². The minimum absolute atomic E-state index is 0.0485. The number of nitrogens with one attached hydrogen (secondary N) is 2. The van der Waals surface area contributed by atoms with Gasteiger partial charge in [0, 0.05) is 22.0 Å². The zero-order valence-electron chi connectivity index (χ0n) is 16.5.